The topological polar surface area (TPSA) is 30.7 Å². The highest BCUT2D eigenvalue weighted by atomic mass is 35.5. The summed E-state index contributed by atoms with van der Waals surface area (Å²) in [4.78, 5) is 8.59. The van der Waals surface area contributed by atoms with E-state index in [0.29, 0.717) is 17.8 Å². The second kappa shape index (κ2) is 8.71. The van der Waals surface area contributed by atoms with Crippen LogP contribution in [0.1, 0.15) is 35.9 Å². The minimum Gasteiger partial charge on any atom is -0.296 e. The summed E-state index contributed by atoms with van der Waals surface area (Å²) in [6, 6.07) is 14.3. The van der Waals surface area contributed by atoms with Gasteiger partial charge < -0.3 is 0 Å². The van der Waals surface area contributed by atoms with Gasteiger partial charge in [0.05, 0.1) is 21.6 Å². The molecule has 4 rings (SSSR count). The number of pyridine rings is 1. The molecule has 0 radical (unpaired) electrons. The average Bonchev–Trinajstić information content (AvgIpc) is 3.10. The lowest BCUT2D eigenvalue weighted by Gasteiger charge is -2.12. The highest BCUT2D eigenvalue weighted by Crippen LogP contribution is 2.38. The average molecular weight is 444 g/mol. The smallest absolute Gasteiger partial charge is 0.296 e. The van der Waals surface area contributed by atoms with E-state index >= 15 is 0 Å². The summed E-state index contributed by atoms with van der Waals surface area (Å²) in [5.74, 6) is 0.712. The number of alkyl halides is 3. The molecule has 2 aromatic carbocycles. The van der Waals surface area contributed by atoms with Crippen molar-refractivity contribution < 1.29 is 13.2 Å². The summed E-state index contributed by atoms with van der Waals surface area (Å²) in [7, 11) is 0. The molecule has 160 valence electrons. The molecule has 0 bridgehead atoms. The molecular formula is C24H21ClF3N3. The zero-order chi connectivity index (χ0) is 22.0. The van der Waals surface area contributed by atoms with Crippen LogP contribution in [-0.2, 0) is 25.4 Å². The van der Waals surface area contributed by atoms with E-state index in [4.69, 9.17) is 11.6 Å². The predicted molar refractivity (Wildman–Crippen MR) is 117 cm³/mol. The van der Waals surface area contributed by atoms with Crippen LogP contribution in [0.2, 0.25) is 5.02 Å². The van der Waals surface area contributed by atoms with Gasteiger partial charge in [0.15, 0.2) is 0 Å². The quantitative estimate of drug-likeness (QED) is 0.327. The number of hydrogen-bond donors (Lipinski definition) is 0. The van der Waals surface area contributed by atoms with Crippen LogP contribution in [-0.4, -0.2) is 14.5 Å². The summed E-state index contributed by atoms with van der Waals surface area (Å²) in [5, 5.41) is -0.324. The van der Waals surface area contributed by atoms with Gasteiger partial charge in [0.1, 0.15) is 5.82 Å². The lowest BCUT2D eigenvalue weighted by molar-refractivity contribution is -0.137. The number of halogens is 4. The van der Waals surface area contributed by atoms with Gasteiger partial charge in [0.2, 0.25) is 0 Å². The minimum atomic E-state index is -4.53. The number of rotatable bonds is 6. The first-order valence-corrected chi connectivity index (χ1v) is 10.5. The van der Waals surface area contributed by atoms with E-state index in [9.17, 15) is 13.2 Å². The van der Waals surface area contributed by atoms with Crippen molar-refractivity contribution in [1.82, 2.24) is 14.5 Å². The lowest BCUT2D eigenvalue weighted by Crippen LogP contribution is -2.06. The summed E-state index contributed by atoms with van der Waals surface area (Å²) in [5.41, 5.74) is 3.19. The Balaban J connectivity index is 1.76. The van der Waals surface area contributed by atoms with E-state index in [1.807, 2.05) is 41.0 Å². The van der Waals surface area contributed by atoms with E-state index in [0.717, 1.165) is 36.6 Å². The van der Waals surface area contributed by atoms with Crippen LogP contribution in [0, 0.1) is 0 Å². The third-order valence-electron chi connectivity index (χ3n) is 5.34. The molecule has 0 fully saturated rings. The largest absolute Gasteiger partial charge is 0.417 e. The van der Waals surface area contributed by atoms with Crippen LogP contribution >= 0.6 is 11.6 Å². The number of imidazole rings is 1. The summed E-state index contributed by atoms with van der Waals surface area (Å²) >= 11 is 6.02. The highest BCUT2D eigenvalue weighted by Gasteiger charge is 2.34. The molecule has 2 aromatic heterocycles. The molecule has 0 atom stereocenters. The Labute approximate surface area is 183 Å². The molecule has 0 aliphatic heterocycles. The molecule has 0 unspecified atom stereocenters. The van der Waals surface area contributed by atoms with Gasteiger partial charge >= 0.3 is 6.18 Å². The van der Waals surface area contributed by atoms with Crippen LogP contribution in [0.5, 0.6) is 0 Å². The minimum absolute atomic E-state index is 0.287. The molecular weight excluding hydrogens is 423 g/mol. The van der Waals surface area contributed by atoms with Crippen molar-refractivity contribution in [1.29, 1.82) is 0 Å². The van der Waals surface area contributed by atoms with E-state index in [1.165, 1.54) is 11.6 Å². The Kier molecular flexibility index (Phi) is 6.01. The first kappa shape index (κ1) is 21.4. The van der Waals surface area contributed by atoms with Crippen LogP contribution in [0.4, 0.5) is 13.2 Å². The molecule has 3 nitrogen and oxygen atoms in total. The molecule has 0 N–H and O–H groups in total. The normalized spacial score (nSPS) is 11.9. The van der Waals surface area contributed by atoms with Gasteiger partial charge in [-0.05, 0) is 66.8 Å². The number of aromatic nitrogens is 3. The number of aryl methyl sites for hydroxylation is 3. The Hall–Kier alpha value is -2.86. The van der Waals surface area contributed by atoms with E-state index in [-0.39, 0.29) is 10.5 Å². The van der Waals surface area contributed by atoms with Gasteiger partial charge in [-0.15, -0.1) is 0 Å². The summed E-state index contributed by atoms with van der Waals surface area (Å²) in [6.45, 7) is 2.07. The van der Waals surface area contributed by atoms with Crippen molar-refractivity contribution in [3.8, 4) is 5.69 Å². The molecule has 0 saturated heterocycles. The third kappa shape index (κ3) is 4.59. The first-order valence-electron chi connectivity index (χ1n) is 10.1. The van der Waals surface area contributed by atoms with Crippen molar-refractivity contribution in [2.75, 3.05) is 0 Å². The van der Waals surface area contributed by atoms with Crippen LogP contribution in [0.3, 0.4) is 0 Å². The summed E-state index contributed by atoms with van der Waals surface area (Å²) < 4.78 is 42.0. The fraction of sp³-hybridized carbons (Fsp3) is 0.250. The molecule has 0 spiro atoms. The number of hydrogen-bond acceptors (Lipinski definition) is 2. The molecule has 7 heteroatoms. The van der Waals surface area contributed by atoms with Gasteiger partial charge in [-0.3, -0.25) is 9.55 Å². The van der Waals surface area contributed by atoms with Gasteiger partial charge in [0, 0.05) is 24.5 Å². The monoisotopic (exact) mass is 443 g/mol. The van der Waals surface area contributed by atoms with E-state index < -0.39 is 11.7 Å². The second-order valence-corrected chi connectivity index (χ2v) is 7.82. The molecule has 31 heavy (non-hydrogen) atoms. The van der Waals surface area contributed by atoms with E-state index in [1.54, 1.807) is 12.4 Å². The standard InChI is InChI=1S/C24H21ClF3N3/c1-2-16-6-8-18(9-7-16)31-22-15-20(25)19(24(26,27)28)14-21(22)30-23(31)5-3-4-17-10-12-29-13-11-17/h6-15H,2-5H2,1H3. The van der Waals surface area contributed by atoms with Gasteiger partial charge in [-0.25, -0.2) is 4.98 Å². The van der Waals surface area contributed by atoms with Gasteiger partial charge in [-0.1, -0.05) is 30.7 Å². The Morgan fingerprint density at radius 2 is 1.65 bits per heavy atom. The van der Waals surface area contributed by atoms with Crippen LogP contribution < -0.4 is 0 Å². The Morgan fingerprint density at radius 1 is 0.935 bits per heavy atom. The summed E-state index contributed by atoms with van der Waals surface area (Å²) in [6.07, 6.45) is 2.13. The molecule has 0 amide bonds. The zero-order valence-electron chi connectivity index (χ0n) is 17.0. The maximum atomic E-state index is 13.4. The molecule has 0 aliphatic carbocycles. The van der Waals surface area contributed by atoms with E-state index in [2.05, 4.69) is 16.9 Å². The van der Waals surface area contributed by atoms with Crippen LogP contribution in [0.25, 0.3) is 16.7 Å². The Morgan fingerprint density at radius 3 is 2.29 bits per heavy atom. The SMILES string of the molecule is CCc1ccc(-n2c(CCCc3ccncc3)nc3cc(C(F)(F)F)c(Cl)cc32)cc1. The maximum Gasteiger partial charge on any atom is 0.417 e. The number of fused-ring (bicyclic) bond motifs is 1. The fourth-order valence-corrected chi connectivity index (χ4v) is 3.97. The third-order valence-corrected chi connectivity index (χ3v) is 5.65. The zero-order valence-corrected chi connectivity index (χ0v) is 17.7. The van der Waals surface area contributed by atoms with Crippen molar-refractivity contribution >= 4 is 22.6 Å². The Bertz CT molecular complexity index is 1180. The van der Waals surface area contributed by atoms with Crippen molar-refractivity contribution in [3.63, 3.8) is 0 Å². The molecule has 0 saturated carbocycles. The lowest BCUT2D eigenvalue weighted by atomic mass is 10.1. The molecule has 2 heterocycles. The van der Waals surface area contributed by atoms with Gasteiger partial charge in [-0.2, -0.15) is 13.2 Å². The second-order valence-electron chi connectivity index (χ2n) is 7.41. The first-order chi connectivity index (χ1) is 14.9. The van der Waals surface area contributed by atoms with Crippen molar-refractivity contribution in [3.05, 3.63) is 88.5 Å². The van der Waals surface area contributed by atoms with Crippen molar-refractivity contribution in [2.24, 2.45) is 0 Å². The van der Waals surface area contributed by atoms with Crippen LogP contribution in [0.15, 0.2) is 60.9 Å². The maximum absolute atomic E-state index is 13.4. The van der Waals surface area contributed by atoms with Gasteiger partial charge in [0.25, 0.3) is 0 Å². The predicted octanol–water partition coefficient (Wildman–Crippen LogP) is 6.83. The molecule has 4 aromatic rings. The van der Waals surface area contributed by atoms with Crippen molar-refractivity contribution in [2.45, 2.75) is 38.8 Å². The number of benzene rings is 2. The fourth-order valence-electron chi connectivity index (χ4n) is 3.70. The number of nitrogens with zero attached hydrogens (tertiary/aromatic N) is 3. The highest BCUT2D eigenvalue weighted by molar-refractivity contribution is 6.32. The molecule has 0 aliphatic rings.